The van der Waals surface area contributed by atoms with Crippen molar-refractivity contribution in [3.63, 3.8) is 0 Å². The van der Waals surface area contributed by atoms with Crippen LogP contribution in [0.15, 0.2) is 64.8 Å². The molecule has 3 aromatic heterocycles. The number of anilines is 1. The molecule has 4 rings (SSSR count). The summed E-state index contributed by atoms with van der Waals surface area (Å²) in [6, 6.07) is 9.93. The Labute approximate surface area is 151 Å². The van der Waals surface area contributed by atoms with Gasteiger partial charge in [0.05, 0.1) is 22.8 Å². The first-order chi connectivity index (χ1) is 13.1. The van der Waals surface area contributed by atoms with Gasteiger partial charge in [-0.1, -0.05) is 12.1 Å². The van der Waals surface area contributed by atoms with Gasteiger partial charge in [-0.15, -0.1) is 0 Å². The Kier molecular flexibility index (Phi) is 4.05. The van der Waals surface area contributed by atoms with E-state index in [1.165, 1.54) is 28.1 Å². The average molecular weight is 363 g/mol. The number of amides is 1. The highest BCUT2D eigenvalue weighted by Gasteiger charge is 2.11. The van der Waals surface area contributed by atoms with E-state index in [2.05, 4.69) is 25.4 Å². The molecule has 0 saturated heterocycles. The van der Waals surface area contributed by atoms with Gasteiger partial charge in [-0.3, -0.25) is 19.1 Å². The standard InChI is InChI=1S/C17H13N7O3/c25-15(21-11-5-6-14(19-7-11)24-10-18-9-20-24)8-23-13-4-2-1-3-12(13)16(26)22-17(23)27/h1-7,9-10H,8H2,(H,21,25)(H,22,26,27). The summed E-state index contributed by atoms with van der Waals surface area (Å²) in [5.74, 6) is 0.123. The molecule has 0 saturated carbocycles. The van der Waals surface area contributed by atoms with Gasteiger partial charge < -0.3 is 5.32 Å². The molecule has 0 aliphatic carbocycles. The van der Waals surface area contributed by atoms with E-state index in [9.17, 15) is 14.4 Å². The first kappa shape index (κ1) is 16.4. The van der Waals surface area contributed by atoms with E-state index < -0.39 is 17.2 Å². The lowest BCUT2D eigenvalue weighted by Gasteiger charge is -2.10. The monoisotopic (exact) mass is 363 g/mol. The first-order valence-corrected chi connectivity index (χ1v) is 7.94. The van der Waals surface area contributed by atoms with Gasteiger partial charge in [0.1, 0.15) is 19.2 Å². The van der Waals surface area contributed by atoms with Gasteiger partial charge in [-0.05, 0) is 24.3 Å². The van der Waals surface area contributed by atoms with E-state index in [1.54, 1.807) is 36.4 Å². The number of aromatic amines is 1. The fraction of sp³-hybridized carbons (Fsp3) is 0.0588. The minimum absolute atomic E-state index is 0.249. The smallest absolute Gasteiger partial charge is 0.323 e. The topological polar surface area (TPSA) is 128 Å². The number of carbonyl (C=O) groups is 1. The Balaban J connectivity index is 1.56. The highest BCUT2D eigenvalue weighted by atomic mass is 16.2. The maximum atomic E-state index is 12.4. The minimum Gasteiger partial charge on any atom is -0.323 e. The number of nitrogens with zero attached hydrogens (tertiary/aromatic N) is 5. The molecule has 2 N–H and O–H groups in total. The van der Waals surface area contributed by atoms with Crippen LogP contribution in [0.25, 0.3) is 16.7 Å². The van der Waals surface area contributed by atoms with E-state index in [4.69, 9.17) is 0 Å². The summed E-state index contributed by atoms with van der Waals surface area (Å²) in [5.41, 5.74) is -0.277. The molecule has 0 spiro atoms. The molecule has 0 aliphatic heterocycles. The number of H-pyrrole nitrogens is 1. The van der Waals surface area contributed by atoms with Crippen molar-refractivity contribution in [2.75, 3.05) is 5.32 Å². The maximum absolute atomic E-state index is 12.4. The fourth-order valence-corrected chi connectivity index (χ4v) is 2.67. The number of pyridine rings is 1. The Bertz CT molecular complexity index is 1220. The van der Waals surface area contributed by atoms with Crippen molar-refractivity contribution >= 4 is 22.5 Å². The number of para-hydroxylation sites is 1. The predicted octanol–water partition coefficient (Wildman–Crippen LogP) is 0.304. The van der Waals surface area contributed by atoms with Crippen LogP contribution in [-0.4, -0.2) is 35.2 Å². The summed E-state index contributed by atoms with van der Waals surface area (Å²) in [7, 11) is 0. The Morgan fingerprint density at radius 1 is 1.15 bits per heavy atom. The molecule has 134 valence electrons. The summed E-state index contributed by atoms with van der Waals surface area (Å²) in [6.07, 6.45) is 4.38. The van der Waals surface area contributed by atoms with Crippen LogP contribution in [0, 0.1) is 0 Å². The van der Waals surface area contributed by atoms with Gasteiger partial charge in [0.25, 0.3) is 5.56 Å². The summed E-state index contributed by atoms with van der Waals surface area (Å²) >= 11 is 0. The molecule has 0 radical (unpaired) electrons. The van der Waals surface area contributed by atoms with E-state index in [0.717, 1.165) is 0 Å². The lowest BCUT2D eigenvalue weighted by molar-refractivity contribution is -0.116. The minimum atomic E-state index is -0.645. The van der Waals surface area contributed by atoms with Crippen LogP contribution in [0.2, 0.25) is 0 Å². The van der Waals surface area contributed by atoms with Crippen LogP contribution >= 0.6 is 0 Å². The summed E-state index contributed by atoms with van der Waals surface area (Å²) in [6.45, 7) is -0.249. The van der Waals surface area contributed by atoms with Crippen LogP contribution in [0.1, 0.15) is 0 Å². The molecule has 0 atom stereocenters. The SMILES string of the molecule is O=C(Cn1c(=O)[nH]c(=O)c2ccccc21)Nc1ccc(-n2cncn2)nc1. The predicted molar refractivity (Wildman–Crippen MR) is 96.6 cm³/mol. The molecule has 1 aromatic carbocycles. The van der Waals surface area contributed by atoms with E-state index in [0.29, 0.717) is 22.4 Å². The van der Waals surface area contributed by atoms with Crippen molar-refractivity contribution in [1.82, 2.24) is 29.3 Å². The Morgan fingerprint density at radius 3 is 2.74 bits per heavy atom. The molecule has 27 heavy (non-hydrogen) atoms. The van der Waals surface area contributed by atoms with Crippen molar-refractivity contribution in [2.45, 2.75) is 6.54 Å². The van der Waals surface area contributed by atoms with Crippen LogP contribution in [0.5, 0.6) is 0 Å². The van der Waals surface area contributed by atoms with Crippen LogP contribution in [0.3, 0.4) is 0 Å². The van der Waals surface area contributed by atoms with E-state index in [1.807, 2.05) is 0 Å². The van der Waals surface area contributed by atoms with Crippen molar-refractivity contribution in [3.8, 4) is 5.82 Å². The highest BCUT2D eigenvalue weighted by molar-refractivity contribution is 5.91. The number of hydrogen-bond acceptors (Lipinski definition) is 6. The molecule has 3 heterocycles. The molecule has 0 bridgehead atoms. The van der Waals surface area contributed by atoms with E-state index in [-0.39, 0.29) is 6.54 Å². The summed E-state index contributed by atoms with van der Waals surface area (Å²) in [4.78, 5) is 46.6. The number of aromatic nitrogens is 6. The number of nitrogens with one attached hydrogen (secondary N) is 2. The van der Waals surface area contributed by atoms with Crippen LogP contribution in [0.4, 0.5) is 5.69 Å². The van der Waals surface area contributed by atoms with Crippen molar-refractivity contribution < 1.29 is 4.79 Å². The number of hydrogen-bond donors (Lipinski definition) is 2. The second-order valence-electron chi connectivity index (χ2n) is 5.66. The third-order valence-electron chi connectivity index (χ3n) is 3.89. The van der Waals surface area contributed by atoms with Crippen molar-refractivity contribution in [3.05, 3.63) is 76.1 Å². The lowest BCUT2D eigenvalue weighted by Crippen LogP contribution is -2.34. The lowest BCUT2D eigenvalue weighted by atomic mass is 10.2. The van der Waals surface area contributed by atoms with Gasteiger partial charge >= 0.3 is 5.69 Å². The third-order valence-corrected chi connectivity index (χ3v) is 3.89. The normalized spacial score (nSPS) is 10.8. The molecule has 0 aliphatic rings. The highest BCUT2D eigenvalue weighted by Crippen LogP contribution is 2.10. The first-order valence-electron chi connectivity index (χ1n) is 7.94. The number of rotatable bonds is 4. The van der Waals surface area contributed by atoms with Crippen LogP contribution < -0.4 is 16.6 Å². The summed E-state index contributed by atoms with van der Waals surface area (Å²) < 4.78 is 2.70. The zero-order valence-corrected chi connectivity index (χ0v) is 13.9. The number of carbonyl (C=O) groups excluding carboxylic acids is 1. The Morgan fingerprint density at radius 2 is 2.00 bits per heavy atom. The molecular weight excluding hydrogens is 350 g/mol. The van der Waals surface area contributed by atoms with Gasteiger partial charge in [-0.2, -0.15) is 5.10 Å². The molecule has 0 unspecified atom stereocenters. The molecule has 4 aromatic rings. The van der Waals surface area contributed by atoms with Crippen molar-refractivity contribution in [2.24, 2.45) is 0 Å². The zero-order valence-electron chi connectivity index (χ0n) is 13.9. The summed E-state index contributed by atoms with van der Waals surface area (Å²) in [5, 5.41) is 6.98. The molecular formula is C17H13N7O3. The van der Waals surface area contributed by atoms with Crippen molar-refractivity contribution in [1.29, 1.82) is 0 Å². The average Bonchev–Trinajstić information content (AvgIpc) is 3.20. The largest absolute Gasteiger partial charge is 0.329 e. The number of benzene rings is 1. The van der Waals surface area contributed by atoms with E-state index >= 15 is 0 Å². The second kappa shape index (κ2) is 6.67. The fourth-order valence-electron chi connectivity index (χ4n) is 2.67. The Hall–Kier alpha value is -4.08. The van der Waals surface area contributed by atoms with Crippen LogP contribution in [-0.2, 0) is 11.3 Å². The van der Waals surface area contributed by atoms with Gasteiger partial charge in [0, 0.05) is 0 Å². The quantitative estimate of drug-likeness (QED) is 0.537. The molecule has 0 fully saturated rings. The second-order valence-corrected chi connectivity index (χ2v) is 5.66. The van der Waals surface area contributed by atoms with Gasteiger partial charge in [0.15, 0.2) is 5.82 Å². The zero-order chi connectivity index (χ0) is 18.8. The van der Waals surface area contributed by atoms with Gasteiger partial charge in [-0.25, -0.2) is 19.4 Å². The third kappa shape index (κ3) is 3.23. The van der Waals surface area contributed by atoms with Gasteiger partial charge in [0.2, 0.25) is 5.91 Å². The maximum Gasteiger partial charge on any atom is 0.329 e. The number of fused-ring (bicyclic) bond motifs is 1. The molecule has 10 heteroatoms. The molecule has 10 nitrogen and oxygen atoms in total. The molecule has 1 amide bonds.